The highest BCUT2D eigenvalue weighted by Gasteiger charge is 2.09. The molecule has 0 radical (unpaired) electrons. The van der Waals surface area contributed by atoms with Crippen LogP contribution in [-0.4, -0.2) is 52.6 Å². The molecule has 0 aromatic rings. The highest BCUT2D eigenvalue weighted by Crippen LogP contribution is 1.92. The lowest BCUT2D eigenvalue weighted by atomic mass is 10.2. The molecule has 0 heterocycles. The first-order valence-corrected chi connectivity index (χ1v) is 5.96. The number of carbonyl (C=O) groups is 3. The van der Waals surface area contributed by atoms with Crippen molar-refractivity contribution in [2.45, 2.75) is 24.9 Å². The molecule has 0 saturated heterocycles. The minimum Gasteiger partial charge on any atom is -0.480 e. The number of thiol groups is 1. The Balaban J connectivity index is 0. The number of hydrogen-bond donors (Lipinski definition) is 7. The first-order valence-electron chi connectivity index (χ1n) is 5.33. The summed E-state index contributed by atoms with van der Waals surface area (Å²) in [4.78, 5) is 30.1. The Kier molecular flexibility index (Phi) is 12.1. The summed E-state index contributed by atoms with van der Waals surface area (Å²) in [5.41, 5.74) is 14.9. The van der Waals surface area contributed by atoms with E-state index in [2.05, 4.69) is 17.9 Å². The first-order chi connectivity index (χ1) is 8.72. The summed E-state index contributed by atoms with van der Waals surface area (Å²) in [5, 5.41) is 18.7. The number of aliphatic carboxylic acids is 2. The van der Waals surface area contributed by atoms with E-state index in [-0.39, 0.29) is 5.75 Å². The molecule has 9 nitrogen and oxygen atoms in total. The molecule has 0 aliphatic carbocycles. The monoisotopic (exact) mass is 296 g/mol. The third-order valence-electron chi connectivity index (χ3n) is 1.82. The van der Waals surface area contributed by atoms with Gasteiger partial charge < -0.3 is 32.7 Å². The Morgan fingerprint density at radius 1 is 1.11 bits per heavy atom. The lowest BCUT2D eigenvalue weighted by Crippen LogP contribution is -2.33. The second kappa shape index (κ2) is 11.6. The van der Waals surface area contributed by atoms with Crippen molar-refractivity contribution < 1.29 is 24.6 Å². The number of primary amides is 1. The molecule has 0 aliphatic heterocycles. The number of nitrogens with two attached hydrogens (primary N) is 3. The van der Waals surface area contributed by atoms with E-state index in [9.17, 15) is 14.4 Å². The van der Waals surface area contributed by atoms with Gasteiger partial charge in [-0.2, -0.15) is 12.6 Å². The number of amides is 2. The molecular weight excluding hydrogens is 276 g/mol. The Morgan fingerprint density at radius 2 is 1.58 bits per heavy atom. The van der Waals surface area contributed by atoms with Crippen LogP contribution in [0, 0.1) is 0 Å². The number of carbonyl (C=O) groups excluding carboxylic acids is 1. The quantitative estimate of drug-likeness (QED) is 0.213. The molecule has 0 aromatic heterocycles. The normalized spacial score (nSPS) is 12.6. The fourth-order valence-electron chi connectivity index (χ4n) is 0.735. The number of rotatable bonds is 7. The molecule has 0 aliphatic rings. The minimum absolute atomic E-state index is 0.190. The summed E-state index contributed by atoms with van der Waals surface area (Å²) in [6.07, 6.45) is 0.839. The van der Waals surface area contributed by atoms with Gasteiger partial charge >= 0.3 is 18.0 Å². The molecule has 0 rings (SSSR count). The molecule has 9 N–H and O–H groups in total. The smallest absolute Gasteiger partial charge is 0.321 e. The van der Waals surface area contributed by atoms with E-state index in [1.165, 1.54) is 0 Å². The summed E-state index contributed by atoms with van der Waals surface area (Å²) in [6, 6.07) is -2.29. The van der Waals surface area contributed by atoms with Crippen LogP contribution in [0.15, 0.2) is 0 Å². The topological polar surface area (TPSA) is 182 Å². The van der Waals surface area contributed by atoms with Crippen LogP contribution in [0.2, 0.25) is 0 Å². The van der Waals surface area contributed by atoms with Crippen molar-refractivity contribution in [3.8, 4) is 0 Å². The molecule has 0 aromatic carbocycles. The van der Waals surface area contributed by atoms with Gasteiger partial charge in [0.1, 0.15) is 12.1 Å². The Morgan fingerprint density at radius 3 is 1.84 bits per heavy atom. The van der Waals surface area contributed by atoms with E-state index in [1.807, 2.05) is 0 Å². The molecule has 0 fully saturated rings. The fraction of sp³-hybridized carbons (Fsp3) is 0.667. The highest BCUT2D eigenvalue weighted by atomic mass is 32.1. The van der Waals surface area contributed by atoms with Gasteiger partial charge in [0.25, 0.3) is 0 Å². The van der Waals surface area contributed by atoms with Gasteiger partial charge in [-0.3, -0.25) is 9.59 Å². The zero-order valence-corrected chi connectivity index (χ0v) is 11.2. The van der Waals surface area contributed by atoms with Crippen molar-refractivity contribution in [1.29, 1.82) is 0 Å². The van der Waals surface area contributed by atoms with Crippen LogP contribution in [0.4, 0.5) is 4.79 Å². The number of carboxylic acid groups (broad SMARTS) is 2. The van der Waals surface area contributed by atoms with Crippen molar-refractivity contribution >= 4 is 30.6 Å². The van der Waals surface area contributed by atoms with Crippen LogP contribution in [0.5, 0.6) is 0 Å². The number of hydrogen-bond acceptors (Lipinski definition) is 6. The molecule has 2 atom stereocenters. The van der Waals surface area contributed by atoms with Crippen LogP contribution in [0.3, 0.4) is 0 Å². The molecule has 2 unspecified atom stereocenters. The van der Waals surface area contributed by atoms with E-state index in [1.54, 1.807) is 0 Å². The van der Waals surface area contributed by atoms with Crippen molar-refractivity contribution in [2.24, 2.45) is 17.2 Å². The van der Waals surface area contributed by atoms with Crippen LogP contribution < -0.4 is 22.5 Å². The van der Waals surface area contributed by atoms with Gasteiger partial charge in [-0.25, -0.2) is 4.79 Å². The molecule has 10 heteroatoms. The second-order valence-electron chi connectivity index (χ2n) is 3.51. The average molecular weight is 296 g/mol. The Labute approximate surface area is 115 Å². The zero-order valence-electron chi connectivity index (χ0n) is 10.3. The Hall–Kier alpha value is -1.52. The summed E-state index contributed by atoms with van der Waals surface area (Å²) in [5.74, 6) is -1.85. The van der Waals surface area contributed by atoms with Gasteiger partial charge in [-0.1, -0.05) is 0 Å². The molecule has 19 heavy (non-hydrogen) atoms. The maximum absolute atomic E-state index is 10.2. The summed E-state index contributed by atoms with van der Waals surface area (Å²) < 4.78 is 0. The Bertz CT molecular complexity index is 302. The number of carboxylic acids is 2. The van der Waals surface area contributed by atoms with Gasteiger partial charge in [-0.05, 0) is 12.8 Å². The zero-order chi connectivity index (χ0) is 15.4. The van der Waals surface area contributed by atoms with E-state index in [4.69, 9.17) is 27.4 Å². The summed E-state index contributed by atoms with van der Waals surface area (Å²) in [6.45, 7) is 0.357. The van der Waals surface area contributed by atoms with Crippen LogP contribution in [0.25, 0.3) is 0 Å². The SMILES string of the molecule is NC(=O)NCCCC(N)C(=O)O.NC(CS)C(=O)O. The predicted molar refractivity (Wildman–Crippen MR) is 71.9 cm³/mol. The number of urea groups is 1. The van der Waals surface area contributed by atoms with E-state index < -0.39 is 30.1 Å². The average Bonchev–Trinajstić information content (AvgIpc) is 2.33. The lowest BCUT2D eigenvalue weighted by Gasteiger charge is -2.05. The summed E-state index contributed by atoms with van der Waals surface area (Å²) >= 11 is 3.65. The summed E-state index contributed by atoms with van der Waals surface area (Å²) in [7, 11) is 0. The third-order valence-corrected chi connectivity index (χ3v) is 2.22. The second-order valence-corrected chi connectivity index (χ2v) is 3.87. The molecule has 2 amide bonds. The maximum atomic E-state index is 10.2. The van der Waals surface area contributed by atoms with E-state index >= 15 is 0 Å². The van der Waals surface area contributed by atoms with Crippen molar-refractivity contribution in [1.82, 2.24) is 5.32 Å². The van der Waals surface area contributed by atoms with Gasteiger partial charge in [0, 0.05) is 12.3 Å². The van der Waals surface area contributed by atoms with E-state index in [0.29, 0.717) is 19.4 Å². The molecule has 0 saturated carbocycles. The van der Waals surface area contributed by atoms with Crippen molar-refractivity contribution in [3.63, 3.8) is 0 Å². The van der Waals surface area contributed by atoms with Crippen LogP contribution in [-0.2, 0) is 9.59 Å². The van der Waals surface area contributed by atoms with Crippen molar-refractivity contribution in [3.05, 3.63) is 0 Å². The van der Waals surface area contributed by atoms with Gasteiger partial charge in [-0.15, -0.1) is 0 Å². The molecule has 0 bridgehead atoms. The molecule has 0 spiro atoms. The predicted octanol–water partition coefficient (Wildman–Crippen LogP) is -1.83. The van der Waals surface area contributed by atoms with E-state index in [0.717, 1.165) is 0 Å². The minimum atomic E-state index is -1.03. The van der Waals surface area contributed by atoms with Gasteiger partial charge in [0.05, 0.1) is 0 Å². The highest BCUT2D eigenvalue weighted by molar-refractivity contribution is 7.80. The maximum Gasteiger partial charge on any atom is 0.321 e. The molecular formula is C9H20N4O5S. The van der Waals surface area contributed by atoms with Crippen molar-refractivity contribution in [2.75, 3.05) is 12.3 Å². The van der Waals surface area contributed by atoms with Crippen LogP contribution >= 0.6 is 12.6 Å². The largest absolute Gasteiger partial charge is 0.480 e. The van der Waals surface area contributed by atoms with Crippen LogP contribution in [0.1, 0.15) is 12.8 Å². The standard InChI is InChI=1S/C6H13N3O3.C3H7NO2S/c7-4(5(10)11)2-1-3-9-6(8)12;4-2(1-7)3(5)6/h4H,1-3,7H2,(H,10,11)(H3,8,9,12);2,7H,1,4H2,(H,5,6). The van der Waals surface area contributed by atoms with Gasteiger partial charge in [0.2, 0.25) is 0 Å². The third kappa shape index (κ3) is 14.4. The first kappa shape index (κ1) is 19.8. The molecule has 112 valence electrons. The van der Waals surface area contributed by atoms with Gasteiger partial charge in [0.15, 0.2) is 0 Å². The number of nitrogens with one attached hydrogen (secondary N) is 1. The fourth-order valence-corrected chi connectivity index (χ4v) is 0.891. The lowest BCUT2D eigenvalue weighted by molar-refractivity contribution is -0.139.